The van der Waals surface area contributed by atoms with Gasteiger partial charge in [-0.2, -0.15) is 5.10 Å². The van der Waals surface area contributed by atoms with Crippen molar-refractivity contribution in [2.45, 2.75) is 51.3 Å². The number of aryl methyl sites for hydroxylation is 1. The van der Waals surface area contributed by atoms with Crippen LogP contribution in [0.2, 0.25) is 0 Å². The zero-order chi connectivity index (χ0) is 21.0. The van der Waals surface area contributed by atoms with Crippen LogP contribution in [-0.4, -0.2) is 40.1 Å². The van der Waals surface area contributed by atoms with Gasteiger partial charge < -0.3 is 4.57 Å². The van der Waals surface area contributed by atoms with Crippen LogP contribution in [0.25, 0.3) is 0 Å². The Morgan fingerprint density at radius 2 is 1.90 bits per heavy atom. The fraction of sp³-hybridized carbons (Fsp3) is 0.429. The number of sulfone groups is 1. The number of imidazole rings is 1. The Balaban J connectivity index is 1.84. The average Bonchev–Trinajstić information content (AvgIpc) is 3.22. The van der Waals surface area contributed by atoms with Crippen LogP contribution in [0.15, 0.2) is 47.8 Å². The van der Waals surface area contributed by atoms with Crippen LogP contribution in [0.4, 0.5) is 0 Å². The van der Waals surface area contributed by atoms with Crippen molar-refractivity contribution in [2.24, 2.45) is 5.92 Å². The molecule has 8 heteroatoms. The van der Waals surface area contributed by atoms with Gasteiger partial charge in [-0.25, -0.2) is 13.4 Å². The van der Waals surface area contributed by atoms with Gasteiger partial charge in [-0.1, -0.05) is 44.2 Å². The average molecular weight is 416 g/mol. The molecule has 1 aromatic carbocycles. The van der Waals surface area contributed by atoms with Crippen LogP contribution in [0.5, 0.6) is 0 Å². The summed E-state index contributed by atoms with van der Waals surface area (Å²) < 4.78 is 28.0. The molecule has 0 saturated carbocycles. The standard InChI is InChI=1S/C21H29N5O2S/c1-16(2)12-26-20(14-25(4)13-19-10-17(3)23-24-19)11-22-21(26)29(27,28)15-18-8-6-5-7-9-18/h5-11,16H,12-15H2,1-4H3,(H,23,24). The lowest BCUT2D eigenvalue weighted by Crippen LogP contribution is -2.22. The fourth-order valence-electron chi connectivity index (χ4n) is 3.35. The molecule has 1 N–H and O–H groups in total. The van der Waals surface area contributed by atoms with E-state index in [1.165, 1.54) is 0 Å². The van der Waals surface area contributed by atoms with Gasteiger partial charge in [-0.3, -0.25) is 10.00 Å². The van der Waals surface area contributed by atoms with E-state index in [1.807, 2.05) is 54.9 Å². The maximum absolute atomic E-state index is 13.1. The smallest absolute Gasteiger partial charge is 0.228 e. The summed E-state index contributed by atoms with van der Waals surface area (Å²) in [5.41, 5.74) is 3.63. The zero-order valence-corrected chi connectivity index (χ0v) is 18.3. The van der Waals surface area contributed by atoms with Crippen LogP contribution in [-0.2, 0) is 35.2 Å². The summed E-state index contributed by atoms with van der Waals surface area (Å²) in [6.45, 7) is 7.99. The molecule has 0 unspecified atom stereocenters. The zero-order valence-electron chi connectivity index (χ0n) is 17.5. The number of hydrogen-bond donors (Lipinski definition) is 1. The minimum atomic E-state index is -3.54. The van der Waals surface area contributed by atoms with Crippen molar-refractivity contribution in [1.82, 2.24) is 24.6 Å². The lowest BCUT2D eigenvalue weighted by Gasteiger charge is -2.19. The lowest BCUT2D eigenvalue weighted by molar-refractivity contribution is 0.301. The normalized spacial score (nSPS) is 12.2. The molecule has 3 rings (SSSR count). The highest BCUT2D eigenvalue weighted by molar-refractivity contribution is 7.90. The molecule has 0 bridgehead atoms. The van der Waals surface area contributed by atoms with Crippen molar-refractivity contribution in [3.05, 3.63) is 65.2 Å². The van der Waals surface area contributed by atoms with E-state index >= 15 is 0 Å². The van der Waals surface area contributed by atoms with Gasteiger partial charge in [-0.05, 0) is 31.5 Å². The van der Waals surface area contributed by atoms with Crippen LogP contribution in [0.1, 0.15) is 36.5 Å². The number of benzene rings is 1. The Morgan fingerprint density at radius 1 is 1.17 bits per heavy atom. The Morgan fingerprint density at radius 3 is 2.52 bits per heavy atom. The predicted octanol–water partition coefficient (Wildman–Crippen LogP) is 3.18. The molecule has 0 radical (unpaired) electrons. The molecule has 0 aliphatic heterocycles. The van der Waals surface area contributed by atoms with E-state index in [0.717, 1.165) is 22.6 Å². The van der Waals surface area contributed by atoms with E-state index in [2.05, 4.69) is 33.9 Å². The Kier molecular flexibility index (Phi) is 6.54. The molecule has 2 heterocycles. The molecule has 0 aliphatic rings. The van der Waals surface area contributed by atoms with E-state index in [0.29, 0.717) is 25.6 Å². The van der Waals surface area contributed by atoms with Gasteiger partial charge in [0.2, 0.25) is 15.0 Å². The summed E-state index contributed by atoms with van der Waals surface area (Å²) in [7, 11) is -1.55. The highest BCUT2D eigenvalue weighted by atomic mass is 32.2. The Hall–Kier alpha value is -2.45. The first-order valence-corrected chi connectivity index (χ1v) is 11.4. The molecule has 0 atom stereocenters. The fourth-order valence-corrected chi connectivity index (χ4v) is 4.85. The molecule has 156 valence electrons. The van der Waals surface area contributed by atoms with Crippen LogP contribution in [0.3, 0.4) is 0 Å². The second kappa shape index (κ2) is 8.92. The summed E-state index contributed by atoms with van der Waals surface area (Å²) in [6, 6.07) is 11.2. The third-order valence-electron chi connectivity index (χ3n) is 4.55. The molecule has 2 aromatic heterocycles. The maximum atomic E-state index is 13.1. The van der Waals surface area contributed by atoms with E-state index < -0.39 is 9.84 Å². The first-order valence-electron chi connectivity index (χ1n) is 9.75. The van der Waals surface area contributed by atoms with Crippen molar-refractivity contribution >= 4 is 9.84 Å². The molecule has 0 fully saturated rings. The highest BCUT2D eigenvalue weighted by Crippen LogP contribution is 2.20. The number of nitrogens with zero attached hydrogens (tertiary/aromatic N) is 4. The van der Waals surface area contributed by atoms with Crippen molar-refractivity contribution < 1.29 is 8.42 Å². The predicted molar refractivity (Wildman–Crippen MR) is 113 cm³/mol. The molecule has 3 aromatic rings. The van der Waals surface area contributed by atoms with Gasteiger partial charge in [0.25, 0.3) is 0 Å². The quantitative estimate of drug-likeness (QED) is 0.580. The van der Waals surface area contributed by atoms with Gasteiger partial charge in [0.1, 0.15) is 0 Å². The van der Waals surface area contributed by atoms with Crippen molar-refractivity contribution in [3.63, 3.8) is 0 Å². The minimum Gasteiger partial charge on any atom is -0.317 e. The van der Waals surface area contributed by atoms with Crippen LogP contribution >= 0.6 is 0 Å². The highest BCUT2D eigenvalue weighted by Gasteiger charge is 2.24. The summed E-state index contributed by atoms with van der Waals surface area (Å²) in [6.07, 6.45) is 1.69. The molecule has 0 aliphatic carbocycles. The second-order valence-corrected chi connectivity index (χ2v) is 9.88. The third kappa shape index (κ3) is 5.55. The molecule has 29 heavy (non-hydrogen) atoms. The van der Waals surface area contributed by atoms with Gasteiger partial charge >= 0.3 is 0 Å². The number of hydrogen-bond acceptors (Lipinski definition) is 5. The Bertz CT molecular complexity index is 1040. The topological polar surface area (TPSA) is 83.9 Å². The second-order valence-electron chi connectivity index (χ2n) is 8.00. The number of nitrogens with one attached hydrogen (secondary N) is 1. The number of rotatable bonds is 9. The minimum absolute atomic E-state index is 0.0508. The molecular formula is C21H29N5O2S. The number of aromatic nitrogens is 4. The van der Waals surface area contributed by atoms with Crippen molar-refractivity contribution in [1.29, 1.82) is 0 Å². The monoisotopic (exact) mass is 415 g/mol. The molecule has 7 nitrogen and oxygen atoms in total. The lowest BCUT2D eigenvalue weighted by atomic mass is 10.2. The van der Waals surface area contributed by atoms with Gasteiger partial charge in [-0.15, -0.1) is 0 Å². The summed E-state index contributed by atoms with van der Waals surface area (Å²) >= 11 is 0. The van der Waals surface area contributed by atoms with Crippen LogP contribution < -0.4 is 0 Å². The van der Waals surface area contributed by atoms with E-state index in [9.17, 15) is 8.42 Å². The number of H-pyrrole nitrogens is 1. The van der Waals surface area contributed by atoms with Crippen molar-refractivity contribution in [3.8, 4) is 0 Å². The SMILES string of the molecule is Cc1cc(CN(C)Cc2cnc(S(=O)(=O)Cc3ccccc3)n2CC(C)C)n[nH]1. The van der Waals surface area contributed by atoms with Crippen LogP contribution in [0, 0.1) is 12.8 Å². The molecule has 0 amide bonds. The molecular weight excluding hydrogens is 386 g/mol. The Labute approximate surface area is 172 Å². The third-order valence-corrected chi connectivity index (χ3v) is 6.15. The number of aromatic amines is 1. The first-order chi connectivity index (χ1) is 13.7. The maximum Gasteiger partial charge on any atom is 0.228 e. The summed E-state index contributed by atoms with van der Waals surface area (Å²) in [5.74, 6) is 0.248. The van der Waals surface area contributed by atoms with E-state index in [4.69, 9.17) is 0 Å². The summed E-state index contributed by atoms with van der Waals surface area (Å²) in [5, 5.41) is 7.37. The first kappa shape index (κ1) is 21.3. The van der Waals surface area contributed by atoms with Gasteiger partial charge in [0.15, 0.2) is 0 Å². The van der Waals surface area contributed by atoms with Crippen molar-refractivity contribution in [2.75, 3.05) is 7.05 Å². The van der Waals surface area contributed by atoms with Gasteiger partial charge in [0.05, 0.1) is 23.3 Å². The van der Waals surface area contributed by atoms with E-state index in [1.54, 1.807) is 6.20 Å². The van der Waals surface area contributed by atoms with E-state index in [-0.39, 0.29) is 10.9 Å². The van der Waals surface area contributed by atoms with Gasteiger partial charge in [0, 0.05) is 25.3 Å². The largest absolute Gasteiger partial charge is 0.317 e. The molecule has 0 spiro atoms. The summed E-state index contributed by atoms with van der Waals surface area (Å²) in [4.78, 5) is 6.44. The molecule has 0 saturated heterocycles.